The summed E-state index contributed by atoms with van der Waals surface area (Å²) in [6.07, 6.45) is 0. The number of fused-ring (bicyclic) bond motifs is 1. The molecule has 0 saturated carbocycles. The van der Waals surface area contributed by atoms with Crippen LogP contribution in [0.15, 0.2) is 41.4 Å². The first-order chi connectivity index (χ1) is 10.1. The molecule has 5 nitrogen and oxygen atoms in total. The van der Waals surface area contributed by atoms with E-state index in [0.717, 1.165) is 15.9 Å². The molecule has 0 atom stereocenters. The highest BCUT2D eigenvalue weighted by atomic mass is 32.2. The molecule has 110 valence electrons. The molecule has 0 radical (unpaired) electrons. The largest absolute Gasteiger partial charge is 0.347 e. The first-order valence-electron chi connectivity index (χ1n) is 6.51. The molecule has 0 aliphatic carbocycles. The maximum absolute atomic E-state index is 11.7. The number of thioether (sulfide) groups is 1. The third-order valence-electron chi connectivity index (χ3n) is 2.86. The minimum atomic E-state index is -0.176. The summed E-state index contributed by atoms with van der Waals surface area (Å²) in [6.45, 7) is 0.0253. The zero-order valence-electron chi connectivity index (χ0n) is 12.0. The van der Waals surface area contributed by atoms with Gasteiger partial charge in [-0.05, 0) is 12.1 Å². The van der Waals surface area contributed by atoms with E-state index >= 15 is 0 Å². The van der Waals surface area contributed by atoms with E-state index in [2.05, 4.69) is 10.3 Å². The number of aromatic nitrogens is 1. The third-order valence-corrected chi connectivity index (χ3v) is 3.79. The van der Waals surface area contributed by atoms with Gasteiger partial charge in [-0.25, -0.2) is 4.98 Å². The number of amides is 2. The van der Waals surface area contributed by atoms with Gasteiger partial charge in [0, 0.05) is 19.5 Å². The SMILES string of the molecule is CN(C)C(=O)CNC(=O)CSc1ccc2ccccc2n1. The van der Waals surface area contributed by atoms with E-state index in [9.17, 15) is 9.59 Å². The molecule has 1 aromatic carbocycles. The van der Waals surface area contributed by atoms with E-state index in [0.29, 0.717) is 0 Å². The zero-order valence-corrected chi connectivity index (χ0v) is 12.8. The summed E-state index contributed by atoms with van der Waals surface area (Å²) in [5.74, 6) is -0.0613. The van der Waals surface area contributed by atoms with Crippen molar-refractivity contribution in [2.45, 2.75) is 5.03 Å². The van der Waals surface area contributed by atoms with Crippen molar-refractivity contribution in [2.24, 2.45) is 0 Å². The van der Waals surface area contributed by atoms with Crippen LogP contribution in [0.5, 0.6) is 0 Å². The number of benzene rings is 1. The standard InChI is InChI=1S/C15H17N3O2S/c1-18(2)15(20)9-16-13(19)10-21-14-8-7-11-5-3-4-6-12(11)17-14/h3-8H,9-10H2,1-2H3,(H,16,19). The lowest BCUT2D eigenvalue weighted by Crippen LogP contribution is -2.36. The fraction of sp³-hybridized carbons (Fsp3) is 0.267. The van der Waals surface area contributed by atoms with Crippen molar-refractivity contribution >= 4 is 34.5 Å². The van der Waals surface area contributed by atoms with E-state index < -0.39 is 0 Å². The van der Waals surface area contributed by atoms with Crippen LogP contribution in [0.1, 0.15) is 0 Å². The summed E-state index contributed by atoms with van der Waals surface area (Å²) in [5.41, 5.74) is 0.908. The van der Waals surface area contributed by atoms with Crippen molar-refractivity contribution in [1.29, 1.82) is 0 Å². The van der Waals surface area contributed by atoms with Gasteiger partial charge in [0.15, 0.2) is 0 Å². The molecule has 0 saturated heterocycles. The Hall–Kier alpha value is -2.08. The van der Waals surface area contributed by atoms with Crippen molar-refractivity contribution in [3.8, 4) is 0 Å². The number of nitrogens with zero attached hydrogens (tertiary/aromatic N) is 2. The minimum absolute atomic E-state index is 0.0253. The number of hydrogen-bond acceptors (Lipinski definition) is 4. The van der Waals surface area contributed by atoms with Crippen LogP contribution < -0.4 is 5.32 Å². The van der Waals surface area contributed by atoms with Crippen LogP contribution in [0.25, 0.3) is 10.9 Å². The molecule has 0 fully saturated rings. The maximum Gasteiger partial charge on any atom is 0.241 e. The molecule has 0 bridgehead atoms. The smallest absolute Gasteiger partial charge is 0.241 e. The van der Waals surface area contributed by atoms with Crippen LogP contribution in [0.3, 0.4) is 0 Å². The quantitative estimate of drug-likeness (QED) is 0.851. The molecule has 2 rings (SSSR count). The molecular formula is C15H17N3O2S. The highest BCUT2D eigenvalue weighted by Crippen LogP contribution is 2.19. The predicted molar refractivity (Wildman–Crippen MR) is 84.2 cm³/mol. The van der Waals surface area contributed by atoms with Gasteiger partial charge in [0.05, 0.1) is 22.8 Å². The Morgan fingerprint density at radius 2 is 1.95 bits per heavy atom. The maximum atomic E-state index is 11.7. The molecule has 21 heavy (non-hydrogen) atoms. The molecule has 1 heterocycles. The van der Waals surface area contributed by atoms with Gasteiger partial charge < -0.3 is 10.2 Å². The van der Waals surface area contributed by atoms with Gasteiger partial charge >= 0.3 is 0 Å². The second-order valence-electron chi connectivity index (χ2n) is 4.70. The summed E-state index contributed by atoms with van der Waals surface area (Å²) in [4.78, 5) is 29.0. The molecule has 0 spiro atoms. The Kier molecular flexibility index (Phi) is 5.16. The number of rotatable bonds is 5. The summed E-state index contributed by atoms with van der Waals surface area (Å²) < 4.78 is 0. The average Bonchev–Trinajstić information content (AvgIpc) is 2.50. The van der Waals surface area contributed by atoms with Gasteiger partial charge in [0.2, 0.25) is 11.8 Å². The van der Waals surface area contributed by atoms with Gasteiger partial charge in [-0.2, -0.15) is 0 Å². The topological polar surface area (TPSA) is 62.3 Å². The lowest BCUT2D eigenvalue weighted by atomic mass is 10.2. The van der Waals surface area contributed by atoms with Gasteiger partial charge in [-0.1, -0.05) is 36.0 Å². The highest BCUT2D eigenvalue weighted by Gasteiger charge is 2.08. The van der Waals surface area contributed by atoms with Gasteiger partial charge in [-0.15, -0.1) is 0 Å². The highest BCUT2D eigenvalue weighted by molar-refractivity contribution is 7.99. The predicted octanol–water partition coefficient (Wildman–Crippen LogP) is 1.53. The number of carbonyl (C=O) groups is 2. The number of carbonyl (C=O) groups excluding carboxylic acids is 2. The number of likely N-dealkylation sites (N-methyl/N-ethyl adjacent to an activating group) is 1. The van der Waals surface area contributed by atoms with E-state index in [-0.39, 0.29) is 24.1 Å². The van der Waals surface area contributed by atoms with Gasteiger partial charge in [0.1, 0.15) is 0 Å². The molecule has 0 aliphatic heterocycles. The van der Waals surface area contributed by atoms with Crippen LogP contribution in [-0.4, -0.2) is 48.1 Å². The Labute approximate surface area is 127 Å². The first-order valence-corrected chi connectivity index (χ1v) is 7.50. The van der Waals surface area contributed by atoms with Crippen LogP contribution in [0.2, 0.25) is 0 Å². The Balaban J connectivity index is 1.86. The monoisotopic (exact) mass is 303 g/mol. The third kappa shape index (κ3) is 4.46. The zero-order chi connectivity index (χ0) is 15.2. The van der Waals surface area contributed by atoms with Crippen molar-refractivity contribution in [3.63, 3.8) is 0 Å². The molecule has 0 aliphatic rings. The molecule has 2 amide bonds. The van der Waals surface area contributed by atoms with Crippen molar-refractivity contribution in [2.75, 3.05) is 26.4 Å². The normalized spacial score (nSPS) is 10.4. The molecule has 6 heteroatoms. The second-order valence-corrected chi connectivity index (χ2v) is 5.69. The molecule has 1 aromatic heterocycles. The van der Waals surface area contributed by atoms with Crippen molar-refractivity contribution in [1.82, 2.24) is 15.2 Å². The summed E-state index contributed by atoms with van der Waals surface area (Å²) in [6, 6.07) is 11.7. The van der Waals surface area contributed by atoms with Crippen LogP contribution in [-0.2, 0) is 9.59 Å². The van der Waals surface area contributed by atoms with Crippen LogP contribution in [0.4, 0.5) is 0 Å². The first kappa shape index (κ1) is 15.3. The van der Waals surface area contributed by atoms with Gasteiger partial charge in [0.25, 0.3) is 0 Å². The lowest BCUT2D eigenvalue weighted by molar-refractivity contribution is -0.130. The average molecular weight is 303 g/mol. The van der Waals surface area contributed by atoms with Crippen LogP contribution >= 0.6 is 11.8 Å². The van der Waals surface area contributed by atoms with E-state index in [4.69, 9.17) is 0 Å². The van der Waals surface area contributed by atoms with Crippen LogP contribution in [0, 0.1) is 0 Å². The fourth-order valence-electron chi connectivity index (χ4n) is 1.65. The number of pyridine rings is 1. The summed E-state index contributed by atoms with van der Waals surface area (Å²) >= 11 is 1.36. The van der Waals surface area contributed by atoms with E-state index in [1.54, 1.807) is 14.1 Å². The Bertz CT molecular complexity index is 658. The number of nitrogens with one attached hydrogen (secondary N) is 1. The summed E-state index contributed by atoms with van der Waals surface area (Å²) in [7, 11) is 3.31. The lowest BCUT2D eigenvalue weighted by Gasteiger charge is -2.10. The molecule has 2 aromatic rings. The molecule has 0 unspecified atom stereocenters. The van der Waals surface area contributed by atoms with Crippen molar-refractivity contribution in [3.05, 3.63) is 36.4 Å². The minimum Gasteiger partial charge on any atom is -0.347 e. The van der Waals surface area contributed by atoms with Crippen molar-refractivity contribution < 1.29 is 9.59 Å². The fourth-order valence-corrected chi connectivity index (χ4v) is 2.36. The Morgan fingerprint density at radius 3 is 2.71 bits per heavy atom. The summed E-state index contributed by atoms with van der Waals surface area (Å²) in [5, 5.41) is 4.46. The Morgan fingerprint density at radius 1 is 1.19 bits per heavy atom. The second kappa shape index (κ2) is 7.08. The van der Waals surface area contributed by atoms with Gasteiger partial charge in [-0.3, -0.25) is 9.59 Å². The van der Waals surface area contributed by atoms with E-state index in [1.807, 2.05) is 36.4 Å². The molecule has 1 N–H and O–H groups in total. The molecular weight excluding hydrogens is 286 g/mol. The van der Waals surface area contributed by atoms with E-state index in [1.165, 1.54) is 16.7 Å². The number of para-hydroxylation sites is 1. The number of hydrogen-bond donors (Lipinski definition) is 1.